The van der Waals surface area contributed by atoms with Crippen molar-refractivity contribution in [2.75, 3.05) is 12.4 Å². The number of rotatable bonds is 5. The van der Waals surface area contributed by atoms with E-state index in [1.165, 1.54) is 0 Å². The number of nitrogens with one attached hydrogen (secondary N) is 1. The van der Waals surface area contributed by atoms with Crippen LogP contribution in [-0.2, 0) is 0 Å². The van der Waals surface area contributed by atoms with E-state index in [0.29, 0.717) is 27.5 Å². The van der Waals surface area contributed by atoms with E-state index >= 15 is 0 Å². The van der Waals surface area contributed by atoms with Gasteiger partial charge in [-0.3, -0.25) is 4.79 Å². The summed E-state index contributed by atoms with van der Waals surface area (Å²) >= 11 is 6.17. The standard InChI is InChI=1S/C25H20ClN3O3/c1-15-10-11-18(14-22(15)26)28-29-23-20-9-4-3-6-16(20)12-21(24(23)30)25(31)27-17-7-5-8-19(13-17)32-2/h3-14,30H,1-2H3,(H,27,31). The van der Waals surface area contributed by atoms with Crippen LogP contribution in [0.15, 0.2) is 83.0 Å². The van der Waals surface area contributed by atoms with Crippen molar-refractivity contribution in [3.63, 3.8) is 0 Å². The number of benzene rings is 4. The molecule has 0 unspecified atom stereocenters. The molecule has 0 saturated carbocycles. The fourth-order valence-electron chi connectivity index (χ4n) is 3.24. The molecule has 4 rings (SSSR count). The summed E-state index contributed by atoms with van der Waals surface area (Å²) in [6.45, 7) is 1.90. The maximum atomic E-state index is 13.0. The van der Waals surface area contributed by atoms with Gasteiger partial charge in [0.1, 0.15) is 11.4 Å². The highest BCUT2D eigenvalue weighted by atomic mass is 35.5. The molecule has 0 aliphatic carbocycles. The van der Waals surface area contributed by atoms with Crippen LogP contribution >= 0.6 is 11.6 Å². The Bertz CT molecular complexity index is 1350. The number of phenols is 1. The summed E-state index contributed by atoms with van der Waals surface area (Å²) in [4.78, 5) is 13.0. The molecular weight excluding hydrogens is 426 g/mol. The smallest absolute Gasteiger partial charge is 0.259 e. The number of hydrogen-bond donors (Lipinski definition) is 2. The van der Waals surface area contributed by atoms with E-state index in [1.807, 2.05) is 37.3 Å². The van der Waals surface area contributed by atoms with Gasteiger partial charge in [-0.25, -0.2) is 0 Å². The number of halogens is 1. The largest absolute Gasteiger partial charge is 0.505 e. The Balaban J connectivity index is 1.75. The second-order valence-corrected chi connectivity index (χ2v) is 7.57. The SMILES string of the molecule is COc1cccc(NC(=O)c2cc3ccccc3c(N=Nc3ccc(C)c(Cl)c3)c2O)c1. The molecule has 4 aromatic rings. The number of nitrogens with zero attached hydrogens (tertiary/aromatic N) is 2. The number of phenolic OH excluding ortho intramolecular Hbond substituents is 1. The predicted octanol–water partition coefficient (Wildman–Crippen LogP) is 7.18. The first kappa shape index (κ1) is 21.3. The molecule has 0 heterocycles. The first-order valence-electron chi connectivity index (χ1n) is 9.84. The van der Waals surface area contributed by atoms with Crippen LogP contribution in [0.3, 0.4) is 0 Å². The number of carbonyl (C=O) groups excluding carboxylic acids is 1. The van der Waals surface area contributed by atoms with E-state index in [4.69, 9.17) is 16.3 Å². The summed E-state index contributed by atoms with van der Waals surface area (Å²) in [7, 11) is 1.55. The zero-order valence-electron chi connectivity index (χ0n) is 17.5. The maximum Gasteiger partial charge on any atom is 0.259 e. The number of anilines is 1. The first-order valence-corrected chi connectivity index (χ1v) is 10.2. The van der Waals surface area contributed by atoms with Gasteiger partial charge < -0.3 is 15.2 Å². The number of methoxy groups -OCH3 is 1. The van der Waals surface area contributed by atoms with Gasteiger partial charge in [-0.1, -0.05) is 48.0 Å². The van der Waals surface area contributed by atoms with Crippen LogP contribution in [0.25, 0.3) is 10.8 Å². The van der Waals surface area contributed by atoms with Gasteiger partial charge >= 0.3 is 0 Å². The van der Waals surface area contributed by atoms with Gasteiger partial charge in [0.25, 0.3) is 5.91 Å². The van der Waals surface area contributed by atoms with E-state index in [-0.39, 0.29) is 17.0 Å². The molecule has 6 nitrogen and oxygen atoms in total. The van der Waals surface area contributed by atoms with E-state index in [9.17, 15) is 9.90 Å². The predicted molar refractivity (Wildman–Crippen MR) is 127 cm³/mol. The van der Waals surface area contributed by atoms with Gasteiger partial charge in [0.05, 0.1) is 18.4 Å². The number of fused-ring (bicyclic) bond motifs is 1. The van der Waals surface area contributed by atoms with Crippen molar-refractivity contribution in [2.24, 2.45) is 10.2 Å². The summed E-state index contributed by atoms with van der Waals surface area (Å²) in [5, 5.41) is 24.2. The summed E-state index contributed by atoms with van der Waals surface area (Å²) in [5.74, 6) is -0.126. The number of hydrogen-bond acceptors (Lipinski definition) is 5. The van der Waals surface area contributed by atoms with Crippen molar-refractivity contribution in [2.45, 2.75) is 6.92 Å². The number of amides is 1. The van der Waals surface area contributed by atoms with E-state index in [1.54, 1.807) is 49.6 Å². The lowest BCUT2D eigenvalue weighted by Gasteiger charge is -2.11. The molecule has 0 fully saturated rings. The molecule has 0 saturated heterocycles. The third kappa shape index (κ3) is 4.40. The number of aryl methyl sites for hydroxylation is 1. The van der Waals surface area contributed by atoms with Crippen LogP contribution in [-0.4, -0.2) is 18.1 Å². The topological polar surface area (TPSA) is 83.3 Å². The number of ether oxygens (including phenoxy) is 1. The van der Waals surface area contributed by atoms with E-state index in [2.05, 4.69) is 15.5 Å². The van der Waals surface area contributed by atoms with Crippen molar-refractivity contribution < 1.29 is 14.6 Å². The van der Waals surface area contributed by atoms with Crippen LogP contribution in [0, 0.1) is 6.92 Å². The molecule has 0 aromatic heterocycles. The maximum absolute atomic E-state index is 13.0. The van der Waals surface area contributed by atoms with Crippen LogP contribution in [0.2, 0.25) is 5.02 Å². The zero-order valence-corrected chi connectivity index (χ0v) is 18.2. The Morgan fingerprint density at radius 1 is 1.00 bits per heavy atom. The van der Waals surface area contributed by atoms with Crippen LogP contribution in [0.5, 0.6) is 11.5 Å². The van der Waals surface area contributed by atoms with Crippen molar-refractivity contribution in [3.05, 3.63) is 88.9 Å². The fraction of sp³-hybridized carbons (Fsp3) is 0.0800. The van der Waals surface area contributed by atoms with Gasteiger partial charge in [-0.05, 0) is 48.2 Å². The molecule has 0 aliphatic rings. The molecule has 160 valence electrons. The number of azo groups is 1. The monoisotopic (exact) mass is 445 g/mol. The second-order valence-electron chi connectivity index (χ2n) is 7.16. The Labute approximate surface area is 190 Å². The van der Waals surface area contributed by atoms with Crippen molar-refractivity contribution in [1.82, 2.24) is 0 Å². The molecule has 0 aliphatic heterocycles. The molecule has 7 heteroatoms. The van der Waals surface area contributed by atoms with Crippen LogP contribution < -0.4 is 10.1 Å². The molecule has 0 bridgehead atoms. The Morgan fingerprint density at radius 2 is 1.81 bits per heavy atom. The van der Waals surface area contributed by atoms with Crippen molar-refractivity contribution >= 4 is 45.3 Å². The lowest BCUT2D eigenvalue weighted by molar-refractivity contribution is 0.102. The summed E-state index contributed by atoms with van der Waals surface area (Å²) < 4.78 is 5.19. The van der Waals surface area contributed by atoms with Crippen molar-refractivity contribution in [3.8, 4) is 11.5 Å². The van der Waals surface area contributed by atoms with Crippen LogP contribution in [0.1, 0.15) is 15.9 Å². The molecule has 32 heavy (non-hydrogen) atoms. The molecular formula is C25H20ClN3O3. The zero-order chi connectivity index (χ0) is 22.7. The average Bonchev–Trinajstić information content (AvgIpc) is 2.80. The molecule has 2 N–H and O–H groups in total. The average molecular weight is 446 g/mol. The van der Waals surface area contributed by atoms with Gasteiger partial charge in [-0.15, -0.1) is 5.11 Å². The fourth-order valence-corrected chi connectivity index (χ4v) is 3.42. The number of carbonyl (C=O) groups is 1. The molecule has 4 aromatic carbocycles. The lowest BCUT2D eigenvalue weighted by atomic mass is 10.0. The summed E-state index contributed by atoms with van der Waals surface area (Å²) in [6, 6.07) is 21.3. The highest BCUT2D eigenvalue weighted by Gasteiger charge is 2.18. The minimum absolute atomic E-state index is 0.0856. The Morgan fingerprint density at radius 3 is 2.59 bits per heavy atom. The highest BCUT2D eigenvalue weighted by molar-refractivity contribution is 6.31. The minimum atomic E-state index is -0.476. The lowest BCUT2D eigenvalue weighted by Crippen LogP contribution is -2.12. The van der Waals surface area contributed by atoms with Gasteiger partial charge in [-0.2, -0.15) is 5.11 Å². The summed E-state index contributed by atoms with van der Waals surface area (Å²) in [6.07, 6.45) is 0. The normalized spacial score (nSPS) is 11.1. The third-order valence-corrected chi connectivity index (χ3v) is 5.40. The molecule has 0 spiro atoms. The van der Waals surface area contributed by atoms with Gasteiger partial charge in [0.15, 0.2) is 5.75 Å². The Kier molecular flexibility index (Phi) is 6.05. The molecule has 0 atom stereocenters. The van der Waals surface area contributed by atoms with E-state index < -0.39 is 5.91 Å². The van der Waals surface area contributed by atoms with Crippen molar-refractivity contribution in [1.29, 1.82) is 0 Å². The molecule has 0 radical (unpaired) electrons. The Hall–Kier alpha value is -3.90. The van der Waals surface area contributed by atoms with Crippen LogP contribution in [0.4, 0.5) is 17.1 Å². The minimum Gasteiger partial charge on any atom is -0.505 e. The summed E-state index contributed by atoms with van der Waals surface area (Å²) in [5.41, 5.74) is 2.29. The quantitative estimate of drug-likeness (QED) is 0.319. The first-order chi connectivity index (χ1) is 15.5. The highest BCUT2D eigenvalue weighted by Crippen LogP contribution is 2.40. The number of aromatic hydroxyl groups is 1. The molecule has 1 amide bonds. The third-order valence-electron chi connectivity index (χ3n) is 4.99. The van der Waals surface area contributed by atoms with Gasteiger partial charge in [0, 0.05) is 22.2 Å². The second kappa shape index (κ2) is 9.08. The van der Waals surface area contributed by atoms with Gasteiger partial charge in [0.2, 0.25) is 0 Å². The van der Waals surface area contributed by atoms with E-state index in [0.717, 1.165) is 10.9 Å².